The van der Waals surface area contributed by atoms with E-state index in [-0.39, 0.29) is 18.2 Å². The Hall–Kier alpha value is -1.88. The van der Waals surface area contributed by atoms with Crippen LogP contribution in [0, 0.1) is 0 Å². The predicted molar refractivity (Wildman–Crippen MR) is 78.5 cm³/mol. The minimum Gasteiger partial charge on any atom is -0.359 e. The van der Waals surface area contributed by atoms with Gasteiger partial charge in [0.25, 0.3) is 0 Å². The van der Waals surface area contributed by atoms with Gasteiger partial charge < -0.3 is 16.0 Å². The van der Waals surface area contributed by atoms with Gasteiger partial charge >= 0.3 is 0 Å². The second-order valence-corrected chi connectivity index (χ2v) is 5.32. The third-order valence-electron chi connectivity index (χ3n) is 3.77. The molecular weight excluding hydrogens is 254 g/mol. The average Bonchev–Trinajstić information content (AvgIpc) is 2.89. The Morgan fingerprint density at radius 2 is 2.10 bits per heavy atom. The number of amides is 2. The maximum absolute atomic E-state index is 12.4. The van der Waals surface area contributed by atoms with Crippen molar-refractivity contribution >= 4 is 17.5 Å². The normalized spacial score (nSPS) is 21.5. The van der Waals surface area contributed by atoms with Gasteiger partial charge in [-0.15, -0.1) is 0 Å². The van der Waals surface area contributed by atoms with E-state index in [1.807, 2.05) is 31.2 Å². The van der Waals surface area contributed by atoms with E-state index in [2.05, 4.69) is 16.0 Å². The molecule has 2 amide bonds. The van der Waals surface area contributed by atoms with Crippen molar-refractivity contribution in [3.8, 4) is 0 Å². The van der Waals surface area contributed by atoms with Gasteiger partial charge in [0.2, 0.25) is 11.8 Å². The zero-order valence-corrected chi connectivity index (χ0v) is 12.0. The first kappa shape index (κ1) is 14.5. The lowest BCUT2D eigenvalue weighted by Gasteiger charge is -2.23. The Balaban J connectivity index is 2.12. The number of hydrogen-bond acceptors (Lipinski definition) is 3. The monoisotopic (exact) mass is 275 g/mol. The molecule has 0 aliphatic carbocycles. The third-order valence-corrected chi connectivity index (χ3v) is 3.77. The fourth-order valence-electron chi connectivity index (χ4n) is 2.41. The van der Waals surface area contributed by atoms with Gasteiger partial charge in [-0.2, -0.15) is 0 Å². The summed E-state index contributed by atoms with van der Waals surface area (Å²) >= 11 is 0. The first-order valence-electron chi connectivity index (χ1n) is 6.90. The summed E-state index contributed by atoms with van der Waals surface area (Å²) in [5.41, 5.74) is 1.01. The van der Waals surface area contributed by atoms with Crippen molar-refractivity contribution in [3.05, 3.63) is 29.8 Å². The average molecular weight is 275 g/mol. The van der Waals surface area contributed by atoms with E-state index >= 15 is 0 Å². The standard InChI is InChI=1S/C15H21N3O2/c1-15(8-5-9-17-15)14(20)18-12-7-4-3-6-11(12)10-13(19)16-2/h3-4,6-7,17H,5,8-10H2,1-2H3,(H,16,19)(H,18,20). The van der Waals surface area contributed by atoms with Crippen molar-refractivity contribution in [1.82, 2.24) is 10.6 Å². The van der Waals surface area contributed by atoms with E-state index in [0.717, 1.165) is 24.9 Å². The van der Waals surface area contributed by atoms with Gasteiger partial charge in [-0.3, -0.25) is 9.59 Å². The van der Waals surface area contributed by atoms with Crippen LogP contribution in [0.2, 0.25) is 0 Å². The van der Waals surface area contributed by atoms with E-state index in [1.54, 1.807) is 7.05 Å². The van der Waals surface area contributed by atoms with Crippen LogP contribution in [0.5, 0.6) is 0 Å². The smallest absolute Gasteiger partial charge is 0.244 e. The maximum Gasteiger partial charge on any atom is 0.244 e. The first-order valence-corrected chi connectivity index (χ1v) is 6.90. The second-order valence-electron chi connectivity index (χ2n) is 5.32. The number of carbonyl (C=O) groups excluding carboxylic acids is 2. The minimum absolute atomic E-state index is 0.0423. The molecule has 1 fully saturated rings. The molecule has 5 heteroatoms. The lowest BCUT2D eigenvalue weighted by Crippen LogP contribution is -2.48. The lowest BCUT2D eigenvalue weighted by atomic mass is 9.98. The summed E-state index contributed by atoms with van der Waals surface area (Å²) in [5.74, 6) is -0.115. The lowest BCUT2D eigenvalue weighted by molar-refractivity contribution is -0.121. The number of hydrogen-bond donors (Lipinski definition) is 3. The molecule has 1 unspecified atom stereocenters. The van der Waals surface area contributed by atoms with E-state index in [9.17, 15) is 9.59 Å². The van der Waals surface area contributed by atoms with Crippen molar-refractivity contribution in [2.24, 2.45) is 0 Å². The van der Waals surface area contributed by atoms with Gasteiger partial charge in [-0.05, 0) is 37.9 Å². The topological polar surface area (TPSA) is 70.2 Å². The fraction of sp³-hybridized carbons (Fsp3) is 0.467. The van der Waals surface area contributed by atoms with Crippen LogP contribution < -0.4 is 16.0 Å². The number of nitrogens with one attached hydrogen (secondary N) is 3. The Bertz CT molecular complexity index is 508. The van der Waals surface area contributed by atoms with Gasteiger partial charge in [0.05, 0.1) is 12.0 Å². The van der Waals surface area contributed by atoms with E-state index in [0.29, 0.717) is 5.69 Å². The Morgan fingerprint density at radius 3 is 2.75 bits per heavy atom. The van der Waals surface area contributed by atoms with Crippen molar-refractivity contribution in [3.63, 3.8) is 0 Å². The highest BCUT2D eigenvalue weighted by Gasteiger charge is 2.36. The van der Waals surface area contributed by atoms with Gasteiger partial charge in [0, 0.05) is 12.7 Å². The minimum atomic E-state index is -0.514. The molecule has 1 aliphatic heterocycles. The Kier molecular flexibility index (Phi) is 4.39. The van der Waals surface area contributed by atoms with Crippen molar-refractivity contribution < 1.29 is 9.59 Å². The summed E-state index contributed by atoms with van der Waals surface area (Å²) < 4.78 is 0. The number of rotatable bonds is 4. The first-order chi connectivity index (χ1) is 9.55. The van der Waals surface area contributed by atoms with E-state index in [1.165, 1.54) is 0 Å². The summed E-state index contributed by atoms with van der Waals surface area (Å²) in [7, 11) is 1.60. The van der Waals surface area contributed by atoms with Crippen molar-refractivity contribution in [2.75, 3.05) is 18.9 Å². The van der Waals surface area contributed by atoms with Crippen LogP contribution >= 0.6 is 0 Å². The molecule has 0 bridgehead atoms. The predicted octanol–water partition coefficient (Wildman–Crippen LogP) is 1.06. The fourth-order valence-corrected chi connectivity index (χ4v) is 2.41. The van der Waals surface area contributed by atoms with Crippen LogP contribution in [-0.4, -0.2) is 30.9 Å². The third kappa shape index (κ3) is 3.17. The zero-order valence-electron chi connectivity index (χ0n) is 12.0. The molecule has 0 saturated carbocycles. The number of benzene rings is 1. The molecule has 1 heterocycles. The summed E-state index contributed by atoms with van der Waals surface area (Å²) in [6.45, 7) is 2.78. The quantitative estimate of drug-likeness (QED) is 0.769. The van der Waals surface area contributed by atoms with Gasteiger partial charge in [0.1, 0.15) is 0 Å². The van der Waals surface area contributed by atoms with Crippen LogP contribution in [-0.2, 0) is 16.0 Å². The number of para-hydroxylation sites is 1. The van der Waals surface area contributed by atoms with E-state index in [4.69, 9.17) is 0 Å². The van der Waals surface area contributed by atoms with Crippen molar-refractivity contribution in [1.29, 1.82) is 0 Å². The summed E-state index contributed by atoms with van der Waals surface area (Å²) in [4.78, 5) is 23.9. The molecule has 5 nitrogen and oxygen atoms in total. The SMILES string of the molecule is CNC(=O)Cc1ccccc1NC(=O)C1(C)CCCN1. The molecule has 2 rings (SSSR count). The highest BCUT2D eigenvalue weighted by atomic mass is 16.2. The molecule has 20 heavy (non-hydrogen) atoms. The molecular formula is C15H21N3O2. The van der Waals surface area contributed by atoms with Crippen LogP contribution in [0.3, 0.4) is 0 Å². The molecule has 1 aromatic rings. The number of carbonyl (C=O) groups is 2. The molecule has 3 N–H and O–H groups in total. The number of likely N-dealkylation sites (N-methyl/N-ethyl adjacent to an activating group) is 1. The highest BCUT2D eigenvalue weighted by molar-refractivity contribution is 5.99. The molecule has 1 aromatic carbocycles. The van der Waals surface area contributed by atoms with Crippen LogP contribution in [0.15, 0.2) is 24.3 Å². The molecule has 0 radical (unpaired) electrons. The van der Waals surface area contributed by atoms with Gasteiger partial charge in [-0.1, -0.05) is 18.2 Å². The number of anilines is 1. The molecule has 108 valence electrons. The van der Waals surface area contributed by atoms with Crippen molar-refractivity contribution in [2.45, 2.75) is 31.7 Å². The summed E-state index contributed by atoms with van der Waals surface area (Å²) in [6, 6.07) is 7.40. The Morgan fingerprint density at radius 1 is 1.35 bits per heavy atom. The van der Waals surface area contributed by atoms with Gasteiger partial charge in [-0.25, -0.2) is 0 Å². The van der Waals surface area contributed by atoms with Gasteiger partial charge in [0.15, 0.2) is 0 Å². The molecule has 0 spiro atoms. The highest BCUT2D eigenvalue weighted by Crippen LogP contribution is 2.22. The molecule has 0 aromatic heterocycles. The van der Waals surface area contributed by atoms with Crippen LogP contribution in [0.4, 0.5) is 5.69 Å². The molecule has 1 atom stereocenters. The summed E-state index contributed by atoms with van der Waals surface area (Å²) in [6.07, 6.45) is 2.09. The van der Waals surface area contributed by atoms with Crippen LogP contribution in [0.1, 0.15) is 25.3 Å². The second kappa shape index (κ2) is 6.05. The largest absolute Gasteiger partial charge is 0.359 e. The molecule has 1 aliphatic rings. The molecule has 1 saturated heterocycles. The van der Waals surface area contributed by atoms with E-state index < -0.39 is 5.54 Å². The maximum atomic E-state index is 12.4. The van der Waals surface area contributed by atoms with Crippen LogP contribution in [0.25, 0.3) is 0 Å². The zero-order chi connectivity index (χ0) is 14.6. The Labute approximate surface area is 119 Å². The summed E-state index contributed by atoms with van der Waals surface area (Å²) in [5, 5.41) is 8.77.